The first-order chi connectivity index (χ1) is 13.1. The summed E-state index contributed by atoms with van der Waals surface area (Å²) >= 11 is 0. The second-order valence-corrected chi connectivity index (χ2v) is 7.58. The molecule has 4 rings (SSSR count). The zero-order chi connectivity index (χ0) is 19.1. The maximum Gasteiger partial charge on any atom is 0.303 e. The molecule has 3 aliphatic rings. The summed E-state index contributed by atoms with van der Waals surface area (Å²) in [4.78, 5) is 12.1. The molecule has 27 heavy (non-hydrogen) atoms. The van der Waals surface area contributed by atoms with Crippen molar-refractivity contribution in [2.24, 2.45) is 11.3 Å². The number of carbonyl (C=O) groups is 1. The van der Waals surface area contributed by atoms with Gasteiger partial charge in [0.2, 0.25) is 0 Å². The maximum atomic E-state index is 12.1. The van der Waals surface area contributed by atoms with Crippen molar-refractivity contribution in [2.75, 3.05) is 19.8 Å². The zero-order valence-corrected chi connectivity index (χ0v) is 16.4. The monoisotopic (exact) mass is 368 g/mol. The average Bonchev–Trinajstić information content (AvgIpc) is 3.18. The van der Waals surface area contributed by atoms with Gasteiger partial charge in [0.15, 0.2) is 5.60 Å². The minimum Gasteiger partial charge on any atom is -0.498 e. The number of carbonyl (C=O) groups excluding carboxylic acids is 1. The minimum atomic E-state index is -0.731. The molecule has 1 saturated carbocycles. The largest absolute Gasteiger partial charge is 0.498 e. The van der Waals surface area contributed by atoms with Crippen LogP contribution in [0.2, 0.25) is 0 Å². The molecule has 1 aromatic rings. The van der Waals surface area contributed by atoms with Crippen molar-refractivity contribution in [2.45, 2.75) is 45.6 Å². The van der Waals surface area contributed by atoms with Gasteiger partial charge in [-0.05, 0) is 37.8 Å². The van der Waals surface area contributed by atoms with Gasteiger partial charge in [-0.1, -0.05) is 36.8 Å². The van der Waals surface area contributed by atoms with Gasteiger partial charge in [0.05, 0.1) is 18.6 Å². The third kappa shape index (κ3) is 2.42. The molecular formula is C23H28O4. The summed E-state index contributed by atoms with van der Waals surface area (Å²) < 4.78 is 18.0. The van der Waals surface area contributed by atoms with Gasteiger partial charge in [-0.2, -0.15) is 0 Å². The molecule has 3 aliphatic carbocycles. The van der Waals surface area contributed by atoms with E-state index in [1.807, 2.05) is 19.9 Å². The van der Waals surface area contributed by atoms with Gasteiger partial charge in [0.1, 0.15) is 5.76 Å². The Kier molecular flexibility index (Phi) is 4.63. The Hall–Kier alpha value is -2.07. The van der Waals surface area contributed by atoms with E-state index in [2.05, 4.69) is 30.3 Å². The highest BCUT2D eigenvalue weighted by Gasteiger charge is 2.74. The Balaban J connectivity index is 1.91. The summed E-state index contributed by atoms with van der Waals surface area (Å²) in [5.41, 5.74) is 2.62. The summed E-state index contributed by atoms with van der Waals surface area (Å²) in [5.74, 6) is 0.990. The van der Waals surface area contributed by atoms with Crippen LogP contribution in [-0.4, -0.2) is 31.4 Å². The Labute approximate surface area is 161 Å². The standard InChI is InChI=1S/C23H28O4/c1-4-25-15-19-21(17-10-7-6-8-11-17)22-13-9-12-18(22)20(26-5-2)14-23(19,22)27-16(3)24/h6-8,10-11,14,18H,4-5,9,12-13,15H2,1-3H3/t18-,22-,23-/m1/s1. The Bertz CT molecular complexity index is 794. The van der Waals surface area contributed by atoms with Gasteiger partial charge in [-0.15, -0.1) is 0 Å². The lowest BCUT2D eigenvalue weighted by molar-refractivity contribution is -0.160. The van der Waals surface area contributed by atoms with Gasteiger partial charge in [-0.3, -0.25) is 4.79 Å². The molecule has 0 unspecified atom stereocenters. The van der Waals surface area contributed by atoms with E-state index in [0.29, 0.717) is 19.8 Å². The first-order valence-corrected chi connectivity index (χ1v) is 10.0. The molecule has 4 heteroatoms. The molecule has 1 aromatic carbocycles. The molecule has 0 bridgehead atoms. The van der Waals surface area contributed by atoms with Crippen LogP contribution in [-0.2, 0) is 19.0 Å². The van der Waals surface area contributed by atoms with Crippen LogP contribution in [0.1, 0.15) is 45.6 Å². The van der Waals surface area contributed by atoms with Crippen molar-refractivity contribution < 1.29 is 19.0 Å². The summed E-state index contributed by atoms with van der Waals surface area (Å²) in [6, 6.07) is 10.5. The number of hydrogen-bond acceptors (Lipinski definition) is 4. The number of allylic oxidation sites excluding steroid dienone is 1. The summed E-state index contributed by atoms with van der Waals surface area (Å²) in [6.45, 7) is 7.21. The molecule has 1 fully saturated rings. The van der Waals surface area contributed by atoms with Crippen LogP contribution in [0.3, 0.4) is 0 Å². The molecular weight excluding hydrogens is 340 g/mol. The Morgan fingerprint density at radius 3 is 2.63 bits per heavy atom. The molecule has 0 radical (unpaired) electrons. The lowest BCUT2D eigenvalue weighted by Crippen LogP contribution is -2.59. The van der Waals surface area contributed by atoms with Gasteiger partial charge in [0.25, 0.3) is 0 Å². The van der Waals surface area contributed by atoms with E-state index in [0.717, 1.165) is 30.6 Å². The SMILES string of the molecule is CCOCC1=C(c2ccccc2)[C@@]23CCC[C@@H]2C(OCC)=C[C@@]13OC(C)=O. The number of hydrogen-bond donors (Lipinski definition) is 0. The van der Waals surface area contributed by atoms with Crippen molar-refractivity contribution >= 4 is 11.5 Å². The van der Waals surface area contributed by atoms with Gasteiger partial charge >= 0.3 is 5.97 Å². The first kappa shape index (κ1) is 18.3. The van der Waals surface area contributed by atoms with Crippen LogP contribution < -0.4 is 0 Å². The quantitative estimate of drug-likeness (QED) is 0.664. The van der Waals surface area contributed by atoms with E-state index in [1.165, 1.54) is 18.1 Å². The number of rotatable bonds is 7. The number of ether oxygens (including phenoxy) is 3. The normalized spacial score (nSPS) is 31.1. The lowest BCUT2D eigenvalue weighted by Gasteiger charge is -2.57. The van der Waals surface area contributed by atoms with Crippen molar-refractivity contribution in [1.82, 2.24) is 0 Å². The van der Waals surface area contributed by atoms with E-state index < -0.39 is 5.60 Å². The molecule has 0 heterocycles. The molecule has 0 aliphatic heterocycles. The van der Waals surface area contributed by atoms with Crippen LogP contribution >= 0.6 is 0 Å². The molecule has 0 saturated heterocycles. The Morgan fingerprint density at radius 1 is 1.19 bits per heavy atom. The van der Waals surface area contributed by atoms with Crippen molar-refractivity contribution in [1.29, 1.82) is 0 Å². The highest BCUT2D eigenvalue weighted by Crippen LogP contribution is 2.75. The number of esters is 1. The minimum absolute atomic E-state index is 0.225. The second kappa shape index (κ2) is 6.83. The zero-order valence-electron chi connectivity index (χ0n) is 16.4. The van der Waals surface area contributed by atoms with Gasteiger partial charge in [-0.25, -0.2) is 0 Å². The predicted molar refractivity (Wildman–Crippen MR) is 104 cm³/mol. The van der Waals surface area contributed by atoms with Crippen LogP contribution in [0.15, 0.2) is 47.7 Å². The van der Waals surface area contributed by atoms with Crippen molar-refractivity contribution in [3.8, 4) is 0 Å². The van der Waals surface area contributed by atoms with Crippen LogP contribution in [0.25, 0.3) is 5.57 Å². The number of benzene rings is 1. The van der Waals surface area contributed by atoms with Crippen LogP contribution in [0, 0.1) is 11.3 Å². The van der Waals surface area contributed by atoms with Gasteiger partial charge in [0, 0.05) is 31.1 Å². The van der Waals surface area contributed by atoms with Crippen LogP contribution in [0.4, 0.5) is 0 Å². The van der Waals surface area contributed by atoms with E-state index in [1.54, 1.807) is 0 Å². The van der Waals surface area contributed by atoms with Crippen molar-refractivity contribution in [3.63, 3.8) is 0 Å². The molecule has 144 valence electrons. The van der Waals surface area contributed by atoms with Crippen LogP contribution in [0.5, 0.6) is 0 Å². The molecule has 1 spiro atoms. The third-order valence-electron chi connectivity index (χ3n) is 6.34. The fourth-order valence-electron chi connectivity index (χ4n) is 5.64. The highest BCUT2D eigenvalue weighted by atomic mass is 16.6. The average molecular weight is 368 g/mol. The van der Waals surface area contributed by atoms with E-state index in [-0.39, 0.29) is 17.3 Å². The fourth-order valence-corrected chi connectivity index (χ4v) is 5.64. The summed E-state index contributed by atoms with van der Waals surface area (Å²) in [6.07, 6.45) is 5.25. The lowest BCUT2D eigenvalue weighted by atomic mass is 9.50. The summed E-state index contributed by atoms with van der Waals surface area (Å²) in [5, 5.41) is 0. The van der Waals surface area contributed by atoms with Crippen molar-refractivity contribution in [3.05, 3.63) is 53.3 Å². The topological polar surface area (TPSA) is 44.8 Å². The van der Waals surface area contributed by atoms with E-state index in [4.69, 9.17) is 14.2 Å². The smallest absolute Gasteiger partial charge is 0.303 e. The fraction of sp³-hybridized carbons (Fsp3) is 0.522. The second-order valence-electron chi connectivity index (χ2n) is 7.58. The Morgan fingerprint density at radius 2 is 1.96 bits per heavy atom. The van der Waals surface area contributed by atoms with E-state index in [9.17, 15) is 4.79 Å². The van der Waals surface area contributed by atoms with E-state index >= 15 is 0 Å². The molecule has 0 aromatic heterocycles. The third-order valence-corrected chi connectivity index (χ3v) is 6.34. The van der Waals surface area contributed by atoms with Gasteiger partial charge < -0.3 is 14.2 Å². The molecule has 4 nitrogen and oxygen atoms in total. The summed E-state index contributed by atoms with van der Waals surface area (Å²) in [7, 11) is 0. The molecule has 0 N–H and O–H groups in total. The molecule has 3 atom stereocenters. The molecule has 0 amide bonds. The first-order valence-electron chi connectivity index (χ1n) is 10.0. The highest BCUT2D eigenvalue weighted by molar-refractivity contribution is 5.89. The maximum absolute atomic E-state index is 12.1. The predicted octanol–water partition coefficient (Wildman–Crippen LogP) is 4.51.